The summed E-state index contributed by atoms with van der Waals surface area (Å²) in [6.45, 7) is 3.87. The van der Waals surface area contributed by atoms with Crippen molar-refractivity contribution in [2.45, 2.75) is 44.9 Å². The maximum atomic E-state index is 10.7. The van der Waals surface area contributed by atoms with Crippen LogP contribution in [0.5, 0.6) is 0 Å². The van der Waals surface area contributed by atoms with E-state index in [0.29, 0.717) is 0 Å². The number of benzene rings is 1. The molecule has 0 aliphatic heterocycles. The van der Waals surface area contributed by atoms with E-state index < -0.39 is 0 Å². The summed E-state index contributed by atoms with van der Waals surface area (Å²) in [5.41, 5.74) is 0.990. The first-order valence-electron chi connectivity index (χ1n) is 7.54. The van der Waals surface area contributed by atoms with Crippen LogP contribution in [0.2, 0.25) is 0 Å². The molecule has 1 fully saturated rings. The van der Waals surface area contributed by atoms with Gasteiger partial charge < -0.3 is 0 Å². The van der Waals surface area contributed by atoms with E-state index in [1.54, 1.807) is 12.1 Å². The zero-order valence-corrected chi connectivity index (χ0v) is 12.3. The van der Waals surface area contributed by atoms with Crippen molar-refractivity contribution in [3.63, 3.8) is 0 Å². The van der Waals surface area contributed by atoms with Gasteiger partial charge in [-0.3, -0.25) is 10.1 Å². The Labute approximate surface area is 126 Å². The lowest BCUT2D eigenvalue weighted by Crippen LogP contribution is -2.16. The van der Waals surface area contributed by atoms with Gasteiger partial charge >= 0.3 is 0 Å². The molecule has 0 radical (unpaired) electrons. The van der Waals surface area contributed by atoms with E-state index in [4.69, 9.17) is 0 Å². The summed E-state index contributed by atoms with van der Waals surface area (Å²) in [5.74, 6) is 6.66. The van der Waals surface area contributed by atoms with Gasteiger partial charge in [-0.2, -0.15) is 0 Å². The molecule has 0 atom stereocenters. The average molecular weight is 283 g/mol. The summed E-state index contributed by atoms with van der Waals surface area (Å²) >= 11 is 0. The Morgan fingerprint density at radius 2 is 1.81 bits per heavy atom. The first-order valence-corrected chi connectivity index (χ1v) is 7.54. The van der Waals surface area contributed by atoms with Crippen LogP contribution in [0.25, 0.3) is 0 Å². The predicted octanol–water partition coefficient (Wildman–Crippen LogP) is 4.86. The minimum atomic E-state index is -0.387. The molecule has 2 rings (SSSR count). The number of nitro groups is 1. The van der Waals surface area contributed by atoms with Crippen molar-refractivity contribution in [1.82, 2.24) is 0 Å². The molecule has 0 heterocycles. The minimum absolute atomic E-state index is 0.0417. The van der Waals surface area contributed by atoms with E-state index >= 15 is 0 Å². The number of hydrogen-bond donors (Lipinski definition) is 0. The normalized spacial score (nSPS) is 17.1. The summed E-state index contributed by atoms with van der Waals surface area (Å²) in [6, 6.07) is 6.47. The molecule has 0 amide bonds. The van der Waals surface area contributed by atoms with Crippen LogP contribution in [0.3, 0.4) is 0 Å². The zero-order valence-electron chi connectivity index (χ0n) is 12.3. The third-order valence-electron chi connectivity index (χ3n) is 4.15. The molecule has 3 nitrogen and oxygen atoms in total. The molecule has 1 aliphatic rings. The lowest BCUT2D eigenvalue weighted by atomic mass is 9.78. The fourth-order valence-electron chi connectivity index (χ4n) is 2.93. The largest absolute Gasteiger partial charge is 0.269 e. The standard InChI is InChI=1S/C18H21NO2/c1-2-12-18(13-5-3-4-6-14-18)15-11-16-7-9-17(10-8-16)19(20)21/h2,7-10H,1,3-6,12-14H2. The predicted molar refractivity (Wildman–Crippen MR) is 84.9 cm³/mol. The molecule has 1 aromatic carbocycles. The lowest BCUT2D eigenvalue weighted by Gasteiger charge is -2.25. The Balaban J connectivity index is 2.20. The van der Waals surface area contributed by atoms with Crippen molar-refractivity contribution in [1.29, 1.82) is 0 Å². The fraction of sp³-hybridized carbons (Fsp3) is 0.444. The van der Waals surface area contributed by atoms with Gasteiger partial charge in [-0.05, 0) is 31.4 Å². The van der Waals surface area contributed by atoms with Gasteiger partial charge in [-0.15, -0.1) is 6.58 Å². The zero-order chi connectivity index (χ0) is 15.1. The maximum absolute atomic E-state index is 10.7. The average Bonchev–Trinajstić information content (AvgIpc) is 2.72. The Morgan fingerprint density at radius 3 is 2.33 bits per heavy atom. The summed E-state index contributed by atoms with van der Waals surface area (Å²) in [6.07, 6.45) is 10.2. The quantitative estimate of drug-likeness (QED) is 0.261. The highest BCUT2D eigenvalue weighted by Gasteiger charge is 2.27. The van der Waals surface area contributed by atoms with Gasteiger partial charge in [0.25, 0.3) is 5.69 Å². The smallest absolute Gasteiger partial charge is 0.258 e. The van der Waals surface area contributed by atoms with E-state index in [2.05, 4.69) is 18.4 Å². The number of allylic oxidation sites excluding steroid dienone is 1. The van der Waals surface area contributed by atoms with Crippen molar-refractivity contribution >= 4 is 5.69 Å². The van der Waals surface area contributed by atoms with E-state index in [1.807, 2.05) is 6.08 Å². The maximum Gasteiger partial charge on any atom is 0.269 e. The third-order valence-corrected chi connectivity index (χ3v) is 4.15. The summed E-state index contributed by atoms with van der Waals surface area (Å²) in [4.78, 5) is 10.3. The van der Waals surface area contributed by atoms with Crippen molar-refractivity contribution in [2.24, 2.45) is 5.41 Å². The number of non-ortho nitro benzene ring substituents is 1. The van der Waals surface area contributed by atoms with Gasteiger partial charge in [0.1, 0.15) is 0 Å². The van der Waals surface area contributed by atoms with Crippen molar-refractivity contribution < 1.29 is 4.92 Å². The van der Waals surface area contributed by atoms with Crippen LogP contribution < -0.4 is 0 Å². The molecule has 3 heteroatoms. The Kier molecular flexibility index (Phi) is 5.16. The molecule has 110 valence electrons. The van der Waals surface area contributed by atoms with Gasteiger partial charge in [0, 0.05) is 23.1 Å². The van der Waals surface area contributed by atoms with Crippen LogP contribution in [-0.4, -0.2) is 4.92 Å². The van der Waals surface area contributed by atoms with Crippen LogP contribution in [0.1, 0.15) is 50.5 Å². The van der Waals surface area contributed by atoms with Crippen LogP contribution in [0, 0.1) is 27.4 Å². The highest BCUT2D eigenvalue weighted by molar-refractivity contribution is 5.42. The van der Waals surface area contributed by atoms with Gasteiger partial charge in [-0.1, -0.05) is 43.6 Å². The number of rotatable bonds is 3. The van der Waals surface area contributed by atoms with Crippen molar-refractivity contribution in [3.05, 3.63) is 52.6 Å². The van der Waals surface area contributed by atoms with Crippen LogP contribution in [0.4, 0.5) is 5.69 Å². The van der Waals surface area contributed by atoms with Gasteiger partial charge in [0.2, 0.25) is 0 Å². The highest BCUT2D eigenvalue weighted by atomic mass is 16.6. The second-order valence-corrected chi connectivity index (χ2v) is 5.74. The summed E-state index contributed by atoms with van der Waals surface area (Å²) < 4.78 is 0. The van der Waals surface area contributed by atoms with Gasteiger partial charge in [0.15, 0.2) is 0 Å². The SMILES string of the molecule is C=CCC1(C#Cc2ccc([N+](=O)[O-])cc2)CCCCCC1. The molecule has 0 unspecified atom stereocenters. The molecule has 0 saturated heterocycles. The molecule has 1 aliphatic carbocycles. The molecule has 1 aromatic rings. The van der Waals surface area contributed by atoms with Crippen molar-refractivity contribution in [3.8, 4) is 11.8 Å². The Bertz CT molecular complexity index is 555. The van der Waals surface area contributed by atoms with E-state index in [0.717, 1.165) is 24.8 Å². The van der Waals surface area contributed by atoms with E-state index in [9.17, 15) is 10.1 Å². The molecular formula is C18H21NO2. The molecule has 0 bridgehead atoms. The van der Waals surface area contributed by atoms with Crippen LogP contribution >= 0.6 is 0 Å². The first-order chi connectivity index (χ1) is 10.2. The first kappa shape index (κ1) is 15.3. The third kappa shape index (κ3) is 4.19. The van der Waals surface area contributed by atoms with E-state index in [1.165, 1.54) is 37.8 Å². The molecule has 0 N–H and O–H groups in total. The van der Waals surface area contributed by atoms with Crippen LogP contribution in [-0.2, 0) is 0 Å². The molecule has 21 heavy (non-hydrogen) atoms. The number of nitro benzene ring substituents is 1. The van der Waals surface area contributed by atoms with Crippen LogP contribution in [0.15, 0.2) is 36.9 Å². The second kappa shape index (κ2) is 7.08. The number of hydrogen-bond acceptors (Lipinski definition) is 2. The fourth-order valence-corrected chi connectivity index (χ4v) is 2.93. The van der Waals surface area contributed by atoms with Gasteiger partial charge in [0.05, 0.1) is 4.92 Å². The molecule has 0 spiro atoms. The molecule has 1 saturated carbocycles. The highest BCUT2D eigenvalue weighted by Crippen LogP contribution is 2.37. The second-order valence-electron chi connectivity index (χ2n) is 5.74. The summed E-state index contributed by atoms with van der Waals surface area (Å²) in [7, 11) is 0. The monoisotopic (exact) mass is 283 g/mol. The van der Waals surface area contributed by atoms with Crippen molar-refractivity contribution in [2.75, 3.05) is 0 Å². The lowest BCUT2D eigenvalue weighted by molar-refractivity contribution is -0.384. The van der Waals surface area contributed by atoms with E-state index in [-0.39, 0.29) is 16.0 Å². The topological polar surface area (TPSA) is 43.1 Å². The minimum Gasteiger partial charge on any atom is -0.258 e. The summed E-state index contributed by atoms with van der Waals surface area (Å²) in [5, 5.41) is 10.7. The Morgan fingerprint density at radius 1 is 1.19 bits per heavy atom. The Hall–Kier alpha value is -2.08. The van der Waals surface area contributed by atoms with Gasteiger partial charge in [-0.25, -0.2) is 0 Å². The number of nitrogens with zero attached hydrogens (tertiary/aromatic N) is 1. The molecular weight excluding hydrogens is 262 g/mol. The molecule has 0 aromatic heterocycles.